The zero-order valence-corrected chi connectivity index (χ0v) is 20.4. The van der Waals surface area contributed by atoms with E-state index in [0.29, 0.717) is 18.7 Å². The van der Waals surface area contributed by atoms with Gasteiger partial charge in [-0.2, -0.15) is 0 Å². The fraction of sp³-hybridized carbons (Fsp3) is 0.864. The highest BCUT2D eigenvalue weighted by Crippen LogP contribution is 2.19. The molecule has 7 nitrogen and oxygen atoms in total. The van der Waals surface area contributed by atoms with Crippen molar-refractivity contribution in [3.63, 3.8) is 0 Å². The van der Waals surface area contributed by atoms with Crippen molar-refractivity contribution >= 4 is 29.4 Å². The Morgan fingerprint density at radius 1 is 0.867 bits per heavy atom. The van der Waals surface area contributed by atoms with Gasteiger partial charge >= 0.3 is 0 Å². The Hall–Kier alpha value is -1.12. The third-order valence-corrected chi connectivity index (χ3v) is 6.58. The monoisotopic (exact) mass is 444 g/mol. The first kappa shape index (κ1) is 28.9. The van der Waals surface area contributed by atoms with Gasteiger partial charge in [-0.1, -0.05) is 27.7 Å². The van der Waals surface area contributed by atoms with Crippen molar-refractivity contribution in [1.29, 1.82) is 0 Å². The first-order valence-electron chi connectivity index (χ1n) is 11.5. The van der Waals surface area contributed by atoms with Crippen molar-refractivity contribution < 1.29 is 14.4 Å². The van der Waals surface area contributed by atoms with Crippen LogP contribution >= 0.6 is 11.8 Å². The van der Waals surface area contributed by atoms with E-state index in [-0.39, 0.29) is 30.4 Å². The molecule has 3 N–H and O–H groups in total. The smallest absolute Gasteiger partial charge is 0.221 e. The summed E-state index contributed by atoms with van der Waals surface area (Å²) in [6.45, 7) is 15.1. The maximum absolute atomic E-state index is 12.7. The van der Waals surface area contributed by atoms with Crippen LogP contribution in [0.4, 0.5) is 0 Å². The maximum Gasteiger partial charge on any atom is 0.221 e. The van der Waals surface area contributed by atoms with Crippen LogP contribution in [0.1, 0.15) is 66.2 Å². The number of Topliss-reactive ketones (excluding diaryl/α,β-unsaturated/α-hetero) is 1. The summed E-state index contributed by atoms with van der Waals surface area (Å²) in [7, 11) is 0. The van der Waals surface area contributed by atoms with Crippen LogP contribution in [0, 0.1) is 0 Å². The second-order valence-electron chi connectivity index (χ2n) is 7.46. The fourth-order valence-corrected chi connectivity index (χ4v) is 4.39. The van der Waals surface area contributed by atoms with Gasteiger partial charge in [0.2, 0.25) is 11.8 Å². The van der Waals surface area contributed by atoms with Crippen LogP contribution in [0.15, 0.2) is 0 Å². The van der Waals surface area contributed by atoms with E-state index in [1.165, 1.54) is 11.8 Å². The number of hydrogen-bond donors (Lipinski definition) is 2. The van der Waals surface area contributed by atoms with Gasteiger partial charge < -0.3 is 20.9 Å². The third-order valence-electron chi connectivity index (χ3n) is 5.31. The molecule has 0 aromatic carbocycles. The third kappa shape index (κ3) is 14.8. The van der Waals surface area contributed by atoms with Gasteiger partial charge in [0.25, 0.3) is 0 Å². The zero-order chi connectivity index (χ0) is 22.8. The number of nitrogens with two attached hydrogens (primary N) is 1. The van der Waals surface area contributed by atoms with Crippen molar-refractivity contribution in [3.05, 3.63) is 0 Å². The molecule has 0 bridgehead atoms. The van der Waals surface area contributed by atoms with E-state index in [1.54, 1.807) is 0 Å². The highest BCUT2D eigenvalue weighted by atomic mass is 32.2. The fourth-order valence-electron chi connectivity index (χ4n) is 3.21. The van der Waals surface area contributed by atoms with Gasteiger partial charge in [-0.15, -0.1) is 11.8 Å². The van der Waals surface area contributed by atoms with Crippen LogP contribution in [-0.4, -0.2) is 84.2 Å². The summed E-state index contributed by atoms with van der Waals surface area (Å²) in [4.78, 5) is 40.7. The summed E-state index contributed by atoms with van der Waals surface area (Å²) in [5.41, 5.74) is 5.21. The molecule has 8 heteroatoms. The van der Waals surface area contributed by atoms with Crippen molar-refractivity contribution in [2.75, 3.05) is 51.6 Å². The molecule has 0 fully saturated rings. The summed E-state index contributed by atoms with van der Waals surface area (Å²) < 4.78 is 0. The molecule has 0 aromatic heterocycles. The standard InChI is InChI=1S/C22H44N4O3S/c1-5-25(6-2)15-10-9-12-19(27)20(30-17-13-21(23)28)18-22(29)24-14-11-16-26(7-3)8-4/h20H,5-18H2,1-4H3,(H2,23,28)(H,24,29). The van der Waals surface area contributed by atoms with Gasteiger partial charge in [-0.05, 0) is 58.5 Å². The molecule has 0 spiro atoms. The zero-order valence-electron chi connectivity index (χ0n) is 19.6. The van der Waals surface area contributed by atoms with E-state index < -0.39 is 5.25 Å². The molecule has 0 aromatic rings. The lowest BCUT2D eigenvalue weighted by Crippen LogP contribution is -2.33. The molecule has 1 unspecified atom stereocenters. The van der Waals surface area contributed by atoms with Crippen LogP contribution in [-0.2, 0) is 14.4 Å². The van der Waals surface area contributed by atoms with E-state index >= 15 is 0 Å². The topological polar surface area (TPSA) is 95.7 Å². The number of nitrogens with one attached hydrogen (secondary N) is 1. The second kappa shape index (κ2) is 18.6. The van der Waals surface area contributed by atoms with Gasteiger partial charge in [-0.3, -0.25) is 14.4 Å². The number of primary amides is 1. The number of carbonyl (C=O) groups excluding carboxylic acids is 3. The highest BCUT2D eigenvalue weighted by Gasteiger charge is 2.22. The Balaban J connectivity index is 4.44. The van der Waals surface area contributed by atoms with Crippen LogP contribution < -0.4 is 11.1 Å². The Kier molecular flexibility index (Phi) is 17.9. The minimum Gasteiger partial charge on any atom is -0.370 e. The Bertz CT molecular complexity index is 483. The molecule has 0 heterocycles. The van der Waals surface area contributed by atoms with E-state index in [9.17, 15) is 14.4 Å². The number of carbonyl (C=O) groups is 3. The van der Waals surface area contributed by atoms with Crippen LogP contribution in [0.5, 0.6) is 0 Å². The Morgan fingerprint density at radius 3 is 1.97 bits per heavy atom. The summed E-state index contributed by atoms with van der Waals surface area (Å²) in [5.74, 6) is 0.0964. The minimum absolute atomic E-state index is 0.0948. The van der Waals surface area contributed by atoms with Gasteiger partial charge in [0, 0.05) is 31.6 Å². The van der Waals surface area contributed by atoms with E-state index in [2.05, 4.69) is 42.8 Å². The number of amides is 2. The number of rotatable bonds is 20. The van der Waals surface area contributed by atoms with Crippen molar-refractivity contribution in [3.8, 4) is 0 Å². The van der Waals surface area contributed by atoms with Crippen LogP contribution in [0.25, 0.3) is 0 Å². The molecule has 30 heavy (non-hydrogen) atoms. The molecule has 0 saturated carbocycles. The largest absolute Gasteiger partial charge is 0.370 e. The van der Waals surface area contributed by atoms with Crippen molar-refractivity contribution in [2.45, 2.75) is 71.5 Å². The van der Waals surface area contributed by atoms with E-state index in [0.717, 1.165) is 58.5 Å². The molecule has 0 aliphatic rings. The molecule has 1 atom stereocenters. The molecule has 0 saturated heterocycles. The quantitative estimate of drug-likeness (QED) is 0.280. The van der Waals surface area contributed by atoms with Crippen LogP contribution in [0.2, 0.25) is 0 Å². The first-order chi connectivity index (χ1) is 14.4. The normalized spacial score (nSPS) is 12.3. The Labute approximate surface area is 187 Å². The van der Waals surface area contributed by atoms with Crippen LogP contribution in [0.3, 0.4) is 0 Å². The molecule has 0 rings (SSSR count). The summed E-state index contributed by atoms with van der Waals surface area (Å²) >= 11 is 1.38. The Morgan fingerprint density at radius 2 is 1.43 bits per heavy atom. The summed E-state index contributed by atoms with van der Waals surface area (Å²) in [5, 5.41) is 2.54. The molecule has 2 amide bonds. The van der Waals surface area contributed by atoms with Crippen molar-refractivity contribution in [1.82, 2.24) is 15.1 Å². The lowest BCUT2D eigenvalue weighted by Gasteiger charge is -2.19. The molecular weight excluding hydrogens is 400 g/mol. The first-order valence-corrected chi connectivity index (χ1v) is 12.6. The van der Waals surface area contributed by atoms with Gasteiger partial charge in [0.15, 0.2) is 0 Å². The second-order valence-corrected chi connectivity index (χ2v) is 8.77. The number of ketones is 1. The average molecular weight is 445 g/mol. The lowest BCUT2D eigenvalue weighted by atomic mass is 10.1. The molecular formula is C22H44N4O3S. The van der Waals surface area contributed by atoms with E-state index in [4.69, 9.17) is 5.73 Å². The highest BCUT2D eigenvalue weighted by molar-refractivity contribution is 8.00. The lowest BCUT2D eigenvalue weighted by molar-refractivity contribution is -0.125. The molecule has 0 aliphatic carbocycles. The van der Waals surface area contributed by atoms with Gasteiger partial charge in [0.05, 0.1) is 5.25 Å². The number of thioether (sulfide) groups is 1. The molecule has 176 valence electrons. The maximum atomic E-state index is 12.7. The number of unbranched alkanes of at least 4 members (excludes halogenated alkanes) is 1. The SMILES string of the molecule is CCN(CC)CCCCC(=O)C(CC(=O)NCCCN(CC)CC)SCCC(N)=O. The molecule has 0 aliphatic heterocycles. The van der Waals surface area contributed by atoms with Crippen molar-refractivity contribution in [2.24, 2.45) is 5.73 Å². The minimum atomic E-state index is -0.402. The van der Waals surface area contributed by atoms with E-state index in [1.807, 2.05) is 0 Å². The van der Waals surface area contributed by atoms with Gasteiger partial charge in [0.1, 0.15) is 5.78 Å². The summed E-state index contributed by atoms with van der Waals surface area (Å²) in [6, 6.07) is 0. The average Bonchev–Trinajstić information content (AvgIpc) is 2.72. The van der Waals surface area contributed by atoms with Gasteiger partial charge in [-0.25, -0.2) is 0 Å². The predicted molar refractivity (Wildman–Crippen MR) is 127 cm³/mol. The number of nitrogens with zero attached hydrogens (tertiary/aromatic N) is 2. The summed E-state index contributed by atoms with van der Waals surface area (Å²) in [6.07, 6.45) is 3.57. The predicted octanol–water partition coefficient (Wildman–Crippen LogP) is 2.28. The molecule has 0 radical (unpaired) electrons. The number of hydrogen-bond acceptors (Lipinski definition) is 6.